The number of para-hydroxylation sites is 6. The molecule has 18 rings (SSSR count). The number of anilines is 6. The molecule has 10 nitrogen and oxygen atoms in total. The first kappa shape index (κ1) is 71.5. The molecule has 0 fully saturated rings. The molecule has 0 N–H and O–H groups in total. The predicted octanol–water partition coefficient (Wildman–Crippen LogP) is 23.3. The summed E-state index contributed by atoms with van der Waals surface area (Å²) in [5.74, 6) is 2.87. The maximum absolute atomic E-state index is 6.32. The van der Waals surface area contributed by atoms with Crippen LogP contribution >= 0.6 is 37.7 Å². The second-order valence-corrected chi connectivity index (χ2v) is 41.6. The molecule has 0 unspecified atom stereocenters. The Morgan fingerprint density at radius 3 is 0.737 bits per heavy atom. The van der Waals surface area contributed by atoms with Crippen molar-refractivity contribution in [3.63, 3.8) is 0 Å². The van der Waals surface area contributed by atoms with Crippen molar-refractivity contribution in [1.82, 2.24) is 19.9 Å². The summed E-state index contributed by atoms with van der Waals surface area (Å²) in [7, 11) is 20.0. The minimum atomic E-state index is -3.06. The number of rotatable bonds is 10. The average molecular weight is 1960 g/mol. The summed E-state index contributed by atoms with van der Waals surface area (Å²) < 4.78 is 25.3. The van der Waals surface area contributed by atoms with Crippen molar-refractivity contribution in [2.45, 2.75) is 0 Å². The summed E-state index contributed by atoms with van der Waals surface area (Å²) in [6.07, 6.45) is 0. The van der Waals surface area contributed by atoms with E-state index in [4.69, 9.17) is 75.3 Å². The Kier molecular flexibility index (Phi) is 23.2. The minimum absolute atomic E-state index is 0. The molecule has 0 bridgehead atoms. The minimum Gasteiger partial charge on any atom is -0.501 e. The Hall–Kier alpha value is -5.90. The maximum Gasteiger partial charge on any atom is 2.00 e. The van der Waals surface area contributed by atoms with Gasteiger partial charge < -0.3 is 17.7 Å². The Bertz CT molecular complexity index is 5220. The molecule has 99 heavy (non-hydrogen) atoms. The molecule has 0 atom stereocenters. The van der Waals surface area contributed by atoms with Gasteiger partial charge in [-0.2, -0.15) is 0 Å². The van der Waals surface area contributed by atoms with Crippen molar-refractivity contribution in [3.05, 3.63) is 303 Å². The average Bonchev–Trinajstić information content (AvgIpc) is 1.74. The van der Waals surface area contributed by atoms with Crippen LogP contribution in [0.25, 0.3) is 133 Å². The van der Waals surface area contributed by atoms with Gasteiger partial charge in [0.2, 0.25) is 0 Å². The molecule has 19 heteroatoms. The summed E-state index contributed by atoms with van der Waals surface area (Å²) in [4.78, 5) is 24.8. The number of furan rings is 4. The van der Waals surface area contributed by atoms with Gasteiger partial charge in [-0.15, -0.1) is 72.8 Å². The van der Waals surface area contributed by atoms with Gasteiger partial charge in [-0.25, -0.2) is 0 Å². The molecule has 10 aromatic carbocycles. The number of halogens is 4. The van der Waals surface area contributed by atoms with Crippen LogP contribution in [0.4, 0.5) is 34.6 Å². The molecule has 0 aliphatic heterocycles. The third kappa shape index (κ3) is 15.2. The fraction of sp³-hybridized carbons (Fsp3) is 0. The predicted molar refractivity (Wildman–Crippen MR) is 395 cm³/mol. The smallest absolute Gasteiger partial charge is 0.501 e. The van der Waals surface area contributed by atoms with E-state index in [9.17, 15) is 0 Å². The number of nitrogens with zero attached hydrogens (tertiary/aromatic N) is 6. The van der Waals surface area contributed by atoms with E-state index in [0.29, 0.717) is 0 Å². The first-order valence-electron chi connectivity index (χ1n) is 31.0. The monoisotopic (exact) mass is 1960 g/mol. The van der Waals surface area contributed by atoms with Crippen LogP contribution in [0, 0.1) is 24.3 Å². The van der Waals surface area contributed by atoms with Gasteiger partial charge in [-0.1, -0.05) is 202 Å². The fourth-order valence-electron chi connectivity index (χ4n) is 12.2. The molecular weight excluding hydrogens is 1910 g/mol. The van der Waals surface area contributed by atoms with Crippen molar-refractivity contribution >= 4 is 223 Å². The van der Waals surface area contributed by atoms with Crippen LogP contribution in [0.3, 0.4) is 0 Å². The molecule has 8 aromatic heterocycles. The standard InChI is InChI=1S/2C40H23N3O2.4ClH.2K.3Pt/c2*1-2-12-26(13-3-1)43(37-24-10-20-33(41-37)31-18-8-16-29-27-14-4-6-22-35(27)44-39(29)31)38-25-11-21-34(42-38)32-19-9-17-30-28-15-5-7-23-36(28)45-40(30)32;;;;;;;;;/h2*1-17,20-25H;4*1H;;;;;/q2*-2;;;;;;;2*+2;+4/p-4. The summed E-state index contributed by atoms with van der Waals surface area (Å²) in [5.41, 5.74) is 14.6. The number of hydrogen-bond donors (Lipinski definition) is 0. The van der Waals surface area contributed by atoms with Gasteiger partial charge in [0.25, 0.3) is 0 Å². The van der Waals surface area contributed by atoms with Crippen molar-refractivity contribution in [2.24, 2.45) is 0 Å². The number of hydrogen-bond acceptors (Lipinski definition) is 10. The summed E-state index contributed by atoms with van der Waals surface area (Å²) in [6.45, 7) is 0. The van der Waals surface area contributed by atoms with Crippen LogP contribution in [-0.2, 0) is 54.0 Å². The van der Waals surface area contributed by atoms with Crippen LogP contribution in [-0.4, -0.2) is 83.1 Å². The van der Waals surface area contributed by atoms with E-state index in [1.165, 1.54) is 63.2 Å². The molecule has 18 aromatic rings. The second-order valence-electron chi connectivity index (χ2n) is 21.9. The van der Waals surface area contributed by atoms with Gasteiger partial charge in [-0.05, 0) is 95.6 Å². The van der Waals surface area contributed by atoms with Crippen LogP contribution in [0.1, 0.15) is 0 Å². The van der Waals surface area contributed by atoms with E-state index in [0.717, 1.165) is 167 Å². The van der Waals surface area contributed by atoms with Crippen LogP contribution in [0.5, 0.6) is 0 Å². The van der Waals surface area contributed by atoms with Crippen molar-refractivity contribution in [1.29, 1.82) is 0 Å². The van der Waals surface area contributed by atoms with Gasteiger partial charge >= 0.3 is 155 Å². The maximum atomic E-state index is 6.32. The molecule has 0 radical (unpaired) electrons. The molecular formula is C80H46Cl4K2N6O4Pt3. The number of pyridine rings is 4. The van der Waals surface area contributed by atoms with Crippen molar-refractivity contribution in [2.75, 3.05) is 9.80 Å². The van der Waals surface area contributed by atoms with Crippen LogP contribution in [0.2, 0.25) is 0 Å². The molecule has 0 spiro atoms. The number of aromatic nitrogens is 4. The van der Waals surface area contributed by atoms with Gasteiger partial charge in [0.1, 0.15) is 45.6 Å². The summed E-state index contributed by atoms with van der Waals surface area (Å²) >= 11 is -0.556. The molecule has 480 valence electrons. The molecule has 0 aliphatic carbocycles. The molecule has 8 heterocycles. The van der Waals surface area contributed by atoms with Gasteiger partial charge in [0.05, 0.1) is 22.3 Å². The Labute approximate surface area is 662 Å². The van der Waals surface area contributed by atoms with Crippen LogP contribution < -0.4 is 9.80 Å². The Balaban J connectivity index is 0.000000160. The van der Waals surface area contributed by atoms with E-state index in [-0.39, 0.29) is 42.1 Å². The van der Waals surface area contributed by atoms with Crippen molar-refractivity contribution < 1.29 is 71.7 Å². The topological polar surface area (TPSA) is 111 Å². The first-order chi connectivity index (χ1) is 47.6. The Morgan fingerprint density at radius 1 is 0.273 bits per heavy atom. The molecule has 0 saturated carbocycles. The van der Waals surface area contributed by atoms with E-state index < -0.39 is 11.9 Å². The quantitative estimate of drug-likeness (QED) is 0.0969. The summed E-state index contributed by atoms with van der Waals surface area (Å²) in [6, 6.07) is 106. The fourth-order valence-corrected chi connectivity index (χ4v) is 12.2. The zero-order chi connectivity index (χ0) is 66.0. The SMILES string of the molecule is [Cl][Pt]([Cl])([Cl])[Cl].[K][K].[Pt+2].[Pt+2].[c-]1ccc2c(oc3ccccc32)c1-c1cccc(N(c2ccccc2)c2cccc(-c3[c-]ccc4c3oc3ccccc34)n2)n1.[c-]1ccc2c(oc3ccccc32)c1-c1cccc(N(c2ccccc2)c2cccc(-c3[c-]ccc4c3oc3ccccc34)n2)n1. The van der Waals surface area contributed by atoms with E-state index >= 15 is 0 Å². The third-order valence-electron chi connectivity index (χ3n) is 16.3. The third-order valence-corrected chi connectivity index (χ3v) is 16.3. The zero-order valence-electron chi connectivity index (χ0n) is 52.3. The zero-order valence-corrected chi connectivity index (χ0v) is 68.4. The molecule has 0 amide bonds. The second kappa shape index (κ2) is 32.2. The van der Waals surface area contributed by atoms with Crippen molar-refractivity contribution in [3.8, 4) is 45.0 Å². The van der Waals surface area contributed by atoms with E-state index in [2.05, 4.69) is 82.6 Å². The number of fused-ring (bicyclic) bond motifs is 12. The molecule has 0 saturated heterocycles. The van der Waals surface area contributed by atoms with Gasteiger partial charge in [-0.3, -0.25) is 29.7 Å². The van der Waals surface area contributed by atoms with E-state index in [1.807, 2.05) is 231 Å². The molecule has 0 aliphatic rings. The number of benzene rings is 10. The normalized spacial score (nSPS) is 11.4. The van der Waals surface area contributed by atoms with Crippen LogP contribution in [0.15, 0.2) is 297 Å². The largest absolute Gasteiger partial charge is 2.00 e. The van der Waals surface area contributed by atoms with Gasteiger partial charge in [0, 0.05) is 32.9 Å². The van der Waals surface area contributed by atoms with Gasteiger partial charge in [0.15, 0.2) is 0 Å². The Morgan fingerprint density at radius 2 is 0.495 bits per heavy atom. The summed E-state index contributed by atoms with van der Waals surface area (Å²) in [5, 5.41) is 8.44. The van der Waals surface area contributed by atoms with E-state index in [1.54, 1.807) is 0 Å². The first-order valence-corrected chi connectivity index (χ1v) is 58.3.